The van der Waals surface area contributed by atoms with Crippen LogP contribution in [0.15, 0.2) is 29.1 Å². The Morgan fingerprint density at radius 1 is 1.35 bits per heavy atom. The van der Waals surface area contributed by atoms with Crippen molar-refractivity contribution >= 4 is 16.9 Å². The smallest absolute Gasteiger partial charge is 0.417 e. The van der Waals surface area contributed by atoms with Crippen LogP contribution in [0.1, 0.15) is 11.1 Å². The van der Waals surface area contributed by atoms with E-state index < -0.39 is 23.3 Å². The predicted molar refractivity (Wildman–Crippen MR) is 65.3 cm³/mol. The molecule has 0 aliphatic carbocycles. The zero-order valence-corrected chi connectivity index (χ0v) is 10.4. The van der Waals surface area contributed by atoms with E-state index in [-0.39, 0.29) is 22.9 Å². The van der Waals surface area contributed by atoms with Gasteiger partial charge in [-0.2, -0.15) is 13.2 Å². The molecule has 0 bridgehead atoms. The first-order valence-electron chi connectivity index (χ1n) is 5.62. The van der Waals surface area contributed by atoms with Crippen LogP contribution in [-0.4, -0.2) is 18.1 Å². The van der Waals surface area contributed by atoms with E-state index in [2.05, 4.69) is 9.72 Å². The van der Waals surface area contributed by atoms with Crippen LogP contribution in [0.3, 0.4) is 0 Å². The van der Waals surface area contributed by atoms with Crippen molar-refractivity contribution in [3.05, 3.63) is 45.7 Å². The van der Waals surface area contributed by atoms with Crippen LogP contribution < -0.4 is 5.56 Å². The third kappa shape index (κ3) is 2.66. The van der Waals surface area contributed by atoms with Gasteiger partial charge in [0.1, 0.15) is 0 Å². The van der Waals surface area contributed by atoms with E-state index in [1.54, 1.807) is 0 Å². The molecule has 0 aliphatic heterocycles. The summed E-state index contributed by atoms with van der Waals surface area (Å²) in [6.45, 7) is 0. The Labute approximate surface area is 111 Å². The predicted octanol–water partition coefficient (Wildman–Crippen LogP) is 2.26. The van der Waals surface area contributed by atoms with Crippen molar-refractivity contribution in [3.8, 4) is 0 Å². The number of rotatable bonds is 2. The molecule has 0 fully saturated rings. The van der Waals surface area contributed by atoms with Gasteiger partial charge in [0, 0.05) is 16.5 Å². The molecule has 1 N–H and O–H groups in total. The number of carbonyl (C=O) groups is 1. The third-order valence-corrected chi connectivity index (χ3v) is 2.83. The van der Waals surface area contributed by atoms with Crippen LogP contribution in [0, 0.1) is 0 Å². The monoisotopic (exact) mass is 285 g/mol. The Bertz CT molecular complexity index is 719. The van der Waals surface area contributed by atoms with Crippen molar-refractivity contribution in [2.24, 2.45) is 0 Å². The molecule has 7 heteroatoms. The van der Waals surface area contributed by atoms with Crippen LogP contribution in [-0.2, 0) is 22.1 Å². The van der Waals surface area contributed by atoms with Gasteiger partial charge < -0.3 is 9.72 Å². The molecule has 0 aliphatic rings. The molecule has 0 radical (unpaired) electrons. The summed E-state index contributed by atoms with van der Waals surface area (Å²) >= 11 is 0. The first-order chi connectivity index (χ1) is 9.32. The van der Waals surface area contributed by atoms with Crippen molar-refractivity contribution in [3.63, 3.8) is 0 Å². The normalized spacial score (nSPS) is 11.6. The van der Waals surface area contributed by atoms with Crippen molar-refractivity contribution < 1.29 is 22.7 Å². The molecular formula is C13H10F3NO3. The number of carbonyl (C=O) groups excluding carboxylic acids is 1. The van der Waals surface area contributed by atoms with E-state index in [4.69, 9.17) is 0 Å². The number of H-pyrrole nitrogens is 1. The summed E-state index contributed by atoms with van der Waals surface area (Å²) in [5, 5.41) is -0.154. The third-order valence-electron chi connectivity index (χ3n) is 2.83. The van der Waals surface area contributed by atoms with Crippen LogP contribution in [0.2, 0.25) is 0 Å². The van der Waals surface area contributed by atoms with Crippen molar-refractivity contribution in [2.75, 3.05) is 7.11 Å². The van der Waals surface area contributed by atoms with E-state index in [9.17, 15) is 22.8 Å². The van der Waals surface area contributed by atoms with Gasteiger partial charge in [-0.1, -0.05) is 6.07 Å². The van der Waals surface area contributed by atoms with Gasteiger partial charge >= 0.3 is 12.1 Å². The number of ether oxygens (including phenoxy) is 1. The number of aromatic nitrogens is 1. The van der Waals surface area contributed by atoms with Gasteiger partial charge in [-0.05, 0) is 18.2 Å². The molecule has 1 heterocycles. The summed E-state index contributed by atoms with van der Waals surface area (Å²) in [5.41, 5.74) is -1.47. The standard InChI is InChI=1S/C13H10F3NO3/c1-20-11(18)6-7-5-8-9(13(14,15)16)3-2-4-10(8)17-12(7)19/h2-5H,6H2,1H3,(H,17,19). The fraction of sp³-hybridized carbons (Fsp3) is 0.231. The zero-order valence-electron chi connectivity index (χ0n) is 10.4. The Morgan fingerprint density at radius 2 is 2.05 bits per heavy atom. The first kappa shape index (κ1) is 14.1. The topological polar surface area (TPSA) is 59.2 Å². The minimum absolute atomic E-state index is 0.0680. The molecular weight excluding hydrogens is 275 g/mol. The quantitative estimate of drug-likeness (QED) is 0.861. The van der Waals surface area contributed by atoms with Gasteiger partial charge in [-0.3, -0.25) is 9.59 Å². The zero-order chi connectivity index (χ0) is 14.9. The molecule has 106 valence electrons. The number of fused-ring (bicyclic) bond motifs is 1. The van der Waals surface area contributed by atoms with Crippen LogP contribution in [0.5, 0.6) is 0 Å². The first-order valence-corrected chi connectivity index (χ1v) is 5.62. The van der Waals surface area contributed by atoms with E-state index in [0.717, 1.165) is 19.2 Å². The van der Waals surface area contributed by atoms with Crippen LogP contribution in [0.25, 0.3) is 10.9 Å². The number of benzene rings is 1. The van der Waals surface area contributed by atoms with E-state index >= 15 is 0 Å². The highest BCUT2D eigenvalue weighted by molar-refractivity contribution is 5.84. The van der Waals surface area contributed by atoms with Crippen LogP contribution >= 0.6 is 0 Å². The Hall–Kier alpha value is -2.31. The molecule has 0 unspecified atom stereocenters. The summed E-state index contributed by atoms with van der Waals surface area (Å²) in [6, 6.07) is 4.57. The maximum Gasteiger partial charge on any atom is 0.417 e. The highest BCUT2D eigenvalue weighted by Crippen LogP contribution is 2.34. The molecule has 20 heavy (non-hydrogen) atoms. The lowest BCUT2D eigenvalue weighted by molar-refractivity contribution is -0.139. The van der Waals surface area contributed by atoms with Gasteiger partial charge in [-0.25, -0.2) is 0 Å². The molecule has 0 saturated carbocycles. The highest BCUT2D eigenvalue weighted by atomic mass is 19.4. The van der Waals surface area contributed by atoms with Crippen molar-refractivity contribution in [2.45, 2.75) is 12.6 Å². The lowest BCUT2D eigenvalue weighted by Gasteiger charge is -2.11. The molecule has 2 rings (SSSR count). The average Bonchev–Trinajstić information content (AvgIpc) is 2.37. The number of methoxy groups -OCH3 is 1. The minimum atomic E-state index is -4.54. The van der Waals surface area contributed by atoms with Gasteiger partial charge in [-0.15, -0.1) is 0 Å². The minimum Gasteiger partial charge on any atom is -0.469 e. The second-order valence-corrected chi connectivity index (χ2v) is 4.14. The summed E-state index contributed by atoms with van der Waals surface area (Å²) in [6.07, 6.45) is -4.92. The van der Waals surface area contributed by atoms with E-state index in [0.29, 0.717) is 0 Å². The maximum absolute atomic E-state index is 12.9. The molecule has 0 atom stereocenters. The number of aromatic amines is 1. The number of alkyl halides is 3. The number of nitrogens with one attached hydrogen (secondary N) is 1. The largest absolute Gasteiger partial charge is 0.469 e. The number of pyridine rings is 1. The second-order valence-electron chi connectivity index (χ2n) is 4.14. The molecule has 0 saturated heterocycles. The van der Waals surface area contributed by atoms with Gasteiger partial charge in [0.05, 0.1) is 19.1 Å². The fourth-order valence-electron chi connectivity index (χ4n) is 1.88. The lowest BCUT2D eigenvalue weighted by atomic mass is 10.0. The number of esters is 1. The molecule has 0 spiro atoms. The number of hydrogen-bond acceptors (Lipinski definition) is 3. The van der Waals surface area contributed by atoms with E-state index in [1.807, 2.05) is 0 Å². The Kier molecular flexibility index (Phi) is 3.52. The van der Waals surface area contributed by atoms with Crippen LogP contribution in [0.4, 0.5) is 13.2 Å². The van der Waals surface area contributed by atoms with Crippen molar-refractivity contribution in [1.82, 2.24) is 4.98 Å². The number of hydrogen-bond donors (Lipinski definition) is 1. The van der Waals surface area contributed by atoms with Gasteiger partial charge in [0.25, 0.3) is 5.56 Å². The van der Waals surface area contributed by atoms with E-state index in [1.165, 1.54) is 12.1 Å². The molecule has 0 amide bonds. The highest BCUT2D eigenvalue weighted by Gasteiger charge is 2.32. The fourth-order valence-corrected chi connectivity index (χ4v) is 1.88. The van der Waals surface area contributed by atoms with Crippen molar-refractivity contribution in [1.29, 1.82) is 0 Å². The van der Waals surface area contributed by atoms with Gasteiger partial charge in [0.2, 0.25) is 0 Å². The Morgan fingerprint density at radius 3 is 2.65 bits per heavy atom. The molecule has 1 aromatic heterocycles. The Balaban J connectivity index is 2.66. The average molecular weight is 285 g/mol. The molecule has 2 aromatic rings. The molecule has 1 aromatic carbocycles. The summed E-state index contributed by atoms with van der Waals surface area (Å²) in [7, 11) is 1.14. The number of halogens is 3. The summed E-state index contributed by atoms with van der Waals surface area (Å²) < 4.78 is 43.1. The van der Waals surface area contributed by atoms with Gasteiger partial charge in [0.15, 0.2) is 0 Å². The summed E-state index contributed by atoms with van der Waals surface area (Å²) in [5.74, 6) is -0.695. The molecule has 4 nitrogen and oxygen atoms in total. The second kappa shape index (κ2) is 4.99. The maximum atomic E-state index is 12.9. The summed E-state index contributed by atoms with van der Waals surface area (Å²) in [4.78, 5) is 25.2. The lowest BCUT2D eigenvalue weighted by Crippen LogP contribution is -2.18. The SMILES string of the molecule is COC(=O)Cc1cc2c(C(F)(F)F)cccc2[nH]c1=O.